The second-order valence-corrected chi connectivity index (χ2v) is 2.68. The zero-order valence-electron chi connectivity index (χ0n) is 6.20. The molecule has 2 N–H and O–H groups in total. The van der Waals surface area contributed by atoms with Crippen LogP contribution in [-0.4, -0.2) is 22.4 Å². The van der Waals surface area contributed by atoms with Crippen LogP contribution in [0.3, 0.4) is 0 Å². The van der Waals surface area contributed by atoms with Crippen molar-refractivity contribution in [3.63, 3.8) is 0 Å². The molecule has 0 heterocycles. The highest BCUT2D eigenvalue weighted by Crippen LogP contribution is 2.17. The average Bonchev–Trinajstić information content (AvgIpc) is 1.84. The molecule has 0 aromatic heterocycles. The van der Waals surface area contributed by atoms with Crippen molar-refractivity contribution in [2.45, 2.75) is 26.1 Å². The van der Waals surface area contributed by atoms with Crippen LogP contribution in [0.5, 0.6) is 0 Å². The molecule has 10 heavy (non-hydrogen) atoms. The van der Waals surface area contributed by atoms with E-state index in [2.05, 4.69) is 0 Å². The number of aliphatic hydroxyl groups excluding tert-OH is 2. The van der Waals surface area contributed by atoms with Gasteiger partial charge in [0.1, 0.15) is 12.2 Å². The maximum absolute atomic E-state index is 9.09. The van der Waals surface area contributed by atoms with E-state index in [1.807, 2.05) is 13.8 Å². The summed E-state index contributed by atoms with van der Waals surface area (Å²) >= 11 is 0. The van der Waals surface area contributed by atoms with Gasteiger partial charge in [0, 0.05) is 0 Å². The molecule has 0 radical (unpaired) electrons. The van der Waals surface area contributed by atoms with E-state index in [-0.39, 0.29) is 0 Å². The van der Waals surface area contributed by atoms with Crippen LogP contribution in [0.4, 0.5) is 0 Å². The van der Waals surface area contributed by atoms with Gasteiger partial charge in [0.2, 0.25) is 0 Å². The summed E-state index contributed by atoms with van der Waals surface area (Å²) in [5.41, 5.74) is 2.08. The Morgan fingerprint density at radius 1 is 1.00 bits per heavy atom. The molecule has 0 aliphatic heterocycles. The first-order valence-corrected chi connectivity index (χ1v) is 3.34. The Hall–Kier alpha value is -0.600. The topological polar surface area (TPSA) is 40.5 Å². The summed E-state index contributed by atoms with van der Waals surface area (Å²) < 4.78 is 0. The monoisotopic (exact) mass is 140 g/mol. The molecule has 56 valence electrons. The molecule has 2 heteroatoms. The van der Waals surface area contributed by atoms with E-state index in [9.17, 15) is 0 Å². The van der Waals surface area contributed by atoms with Crippen LogP contribution < -0.4 is 0 Å². The Morgan fingerprint density at radius 2 is 1.30 bits per heavy atom. The van der Waals surface area contributed by atoms with Crippen molar-refractivity contribution in [2.24, 2.45) is 0 Å². The molecule has 0 fully saturated rings. The largest absolute Gasteiger partial charge is 0.386 e. The second kappa shape index (κ2) is 2.56. The number of aliphatic hydroxyl groups is 2. The molecule has 1 aliphatic rings. The van der Waals surface area contributed by atoms with Crippen LogP contribution >= 0.6 is 0 Å². The first kappa shape index (κ1) is 7.51. The fourth-order valence-corrected chi connectivity index (χ4v) is 0.972. The van der Waals surface area contributed by atoms with Crippen LogP contribution in [0, 0.1) is 0 Å². The Labute approximate surface area is 60.5 Å². The Morgan fingerprint density at radius 3 is 1.60 bits per heavy atom. The maximum atomic E-state index is 9.09. The predicted molar refractivity (Wildman–Crippen MR) is 39.5 cm³/mol. The van der Waals surface area contributed by atoms with Crippen molar-refractivity contribution in [1.82, 2.24) is 0 Å². The fraction of sp³-hybridized carbons (Fsp3) is 0.500. The van der Waals surface area contributed by atoms with Crippen molar-refractivity contribution in [3.05, 3.63) is 23.3 Å². The maximum Gasteiger partial charge on any atom is 0.102 e. The molecule has 0 aromatic rings. The third kappa shape index (κ3) is 1.28. The van der Waals surface area contributed by atoms with Gasteiger partial charge in [0.15, 0.2) is 0 Å². The number of hydrogen-bond acceptors (Lipinski definition) is 2. The van der Waals surface area contributed by atoms with Crippen molar-refractivity contribution in [2.75, 3.05) is 0 Å². The summed E-state index contributed by atoms with van der Waals surface area (Å²) in [6.45, 7) is 3.84. The lowest BCUT2D eigenvalue weighted by molar-refractivity contribution is 0.0780. The van der Waals surface area contributed by atoms with Crippen LogP contribution in [-0.2, 0) is 0 Å². The second-order valence-electron chi connectivity index (χ2n) is 2.68. The van der Waals surface area contributed by atoms with Crippen molar-refractivity contribution in [3.8, 4) is 0 Å². The van der Waals surface area contributed by atoms with Gasteiger partial charge in [-0.3, -0.25) is 0 Å². The zero-order chi connectivity index (χ0) is 7.72. The molecule has 2 nitrogen and oxygen atoms in total. The Kier molecular flexibility index (Phi) is 1.92. The van der Waals surface area contributed by atoms with Gasteiger partial charge in [-0.25, -0.2) is 0 Å². The zero-order valence-corrected chi connectivity index (χ0v) is 6.20. The molecule has 0 unspecified atom stereocenters. The van der Waals surface area contributed by atoms with Gasteiger partial charge >= 0.3 is 0 Å². The number of rotatable bonds is 0. The summed E-state index contributed by atoms with van der Waals surface area (Å²) in [5.74, 6) is 0. The lowest BCUT2D eigenvalue weighted by atomic mass is 9.97. The lowest BCUT2D eigenvalue weighted by Gasteiger charge is -2.18. The minimum atomic E-state index is -0.719. The summed E-state index contributed by atoms with van der Waals surface area (Å²) in [6, 6.07) is 0. The van der Waals surface area contributed by atoms with Gasteiger partial charge in [0.05, 0.1) is 0 Å². The van der Waals surface area contributed by atoms with E-state index in [1.165, 1.54) is 0 Å². The Balaban J connectivity index is 2.83. The van der Waals surface area contributed by atoms with Gasteiger partial charge in [-0.1, -0.05) is 12.2 Å². The van der Waals surface area contributed by atoms with E-state index >= 15 is 0 Å². The van der Waals surface area contributed by atoms with Gasteiger partial charge in [0.25, 0.3) is 0 Å². The smallest absolute Gasteiger partial charge is 0.102 e. The highest BCUT2D eigenvalue weighted by molar-refractivity contribution is 5.33. The predicted octanol–water partition coefficient (Wildman–Crippen LogP) is 0.614. The molecule has 2 atom stereocenters. The highest BCUT2D eigenvalue weighted by atomic mass is 16.3. The quantitative estimate of drug-likeness (QED) is 0.517. The van der Waals surface area contributed by atoms with Crippen molar-refractivity contribution >= 4 is 0 Å². The molecular formula is C8H12O2. The molecule has 0 saturated heterocycles. The van der Waals surface area contributed by atoms with E-state index in [4.69, 9.17) is 10.2 Å². The van der Waals surface area contributed by atoms with Crippen LogP contribution in [0.1, 0.15) is 13.8 Å². The van der Waals surface area contributed by atoms with E-state index in [0.29, 0.717) is 0 Å². The van der Waals surface area contributed by atoms with Crippen molar-refractivity contribution in [1.29, 1.82) is 0 Å². The molecule has 0 aromatic carbocycles. The van der Waals surface area contributed by atoms with E-state index in [0.717, 1.165) is 11.1 Å². The molecular weight excluding hydrogens is 128 g/mol. The van der Waals surface area contributed by atoms with Gasteiger partial charge in [-0.05, 0) is 25.0 Å². The molecule has 0 spiro atoms. The average molecular weight is 140 g/mol. The normalized spacial score (nSPS) is 33.2. The standard InChI is InChI=1S/C8H12O2/c1-5-3-7(9)8(10)4-6(5)2/h3-4,7-10H,1-2H3/t7-,8+. The van der Waals surface area contributed by atoms with Crippen LogP contribution in [0.2, 0.25) is 0 Å². The van der Waals surface area contributed by atoms with E-state index in [1.54, 1.807) is 12.2 Å². The first-order valence-electron chi connectivity index (χ1n) is 3.34. The minimum Gasteiger partial charge on any atom is -0.386 e. The molecule has 1 aliphatic carbocycles. The van der Waals surface area contributed by atoms with E-state index < -0.39 is 12.2 Å². The van der Waals surface area contributed by atoms with Crippen molar-refractivity contribution < 1.29 is 10.2 Å². The SMILES string of the molecule is CC1=C[C@@H](O)[C@@H](O)C=C1C. The molecule has 0 saturated carbocycles. The Bertz CT molecular complexity index is 169. The summed E-state index contributed by atoms with van der Waals surface area (Å²) in [4.78, 5) is 0. The van der Waals surface area contributed by atoms with Gasteiger partial charge < -0.3 is 10.2 Å². The van der Waals surface area contributed by atoms with Crippen LogP contribution in [0.25, 0.3) is 0 Å². The summed E-state index contributed by atoms with van der Waals surface area (Å²) in [5, 5.41) is 18.2. The number of hydrogen-bond donors (Lipinski definition) is 2. The number of allylic oxidation sites excluding steroid dienone is 2. The van der Waals surface area contributed by atoms with Crippen LogP contribution in [0.15, 0.2) is 23.3 Å². The summed E-state index contributed by atoms with van der Waals surface area (Å²) in [7, 11) is 0. The highest BCUT2D eigenvalue weighted by Gasteiger charge is 2.16. The lowest BCUT2D eigenvalue weighted by Crippen LogP contribution is -2.24. The summed E-state index contributed by atoms with van der Waals surface area (Å²) in [6.07, 6.45) is 1.90. The van der Waals surface area contributed by atoms with Gasteiger partial charge in [-0.2, -0.15) is 0 Å². The fourth-order valence-electron chi connectivity index (χ4n) is 0.972. The molecule has 0 amide bonds. The molecule has 1 rings (SSSR count). The third-order valence-corrected chi connectivity index (χ3v) is 1.81. The molecule has 0 bridgehead atoms. The third-order valence-electron chi connectivity index (χ3n) is 1.81. The van der Waals surface area contributed by atoms with Gasteiger partial charge in [-0.15, -0.1) is 0 Å². The first-order chi connectivity index (χ1) is 4.61. The minimum absolute atomic E-state index is 0.719.